The van der Waals surface area contributed by atoms with E-state index < -0.39 is 33.9 Å². The maximum absolute atomic E-state index is 12.8. The van der Waals surface area contributed by atoms with E-state index in [2.05, 4.69) is 4.42 Å². The van der Waals surface area contributed by atoms with Crippen LogP contribution in [0.4, 0.5) is 23.8 Å². The van der Waals surface area contributed by atoms with Crippen molar-refractivity contribution in [2.45, 2.75) is 31.8 Å². The van der Waals surface area contributed by atoms with Crippen LogP contribution in [0.3, 0.4) is 0 Å². The fourth-order valence-electron chi connectivity index (χ4n) is 2.57. The standard InChI is InChI=1S/C15H14F3NO5S/c1-8-6-9(2)13(10(3)7-8)25(22,23)19(14(20)21)12-5-4-11(24-12)15(16,17)18/h4-7H,1-3H3,(H,20,21). The molecule has 0 saturated carbocycles. The van der Waals surface area contributed by atoms with Gasteiger partial charge in [0.1, 0.15) is 0 Å². The molecule has 10 heteroatoms. The summed E-state index contributed by atoms with van der Waals surface area (Å²) in [5.74, 6) is -2.46. The molecule has 2 aromatic rings. The normalized spacial score (nSPS) is 12.2. The minimum Gasteiger partial charge on any atom is -0.464 e. The van der Waals surface area contributed by atoms with Gasteiger partial charge in [0.25, 0.3) is 10.0 Å². The number of anilines is 1. The van der Waals surface area contributed by atoms with Gasteiger partial charge in [-0.2, -0.15) is 13.2 Å². The maximum atomic E-state index is 12.8. The van der Waals surface area contributed by atoms with Crippen molar-refractivity contribution in [1.82, 2.24) is 0 Å². The molecule has 0 spiro atoms. The van der Waals surface area contributed by atoms with Gasteiger partial charge >= 0.3 is 12.3 Å². The van der Waals surface area contributed by atoms with Crippen molar-refractivity contribution in [3.63, 3.8) is 0 Å². The van der Waals surface area contributed by atoms with Crippen molar-refractivity contribution in [1.29, 1.82) is 0 Å². The molecule has 1 aromatic heterocycles. The molecule has 1 amide bonds. The number of sulfonamides is 1. The number of furan rings is 1. The zero-order valence-electron chi connectivity index (χ0n) is 13.4. The number of benzene rings is 1. The van der Waals surface area contributed by atoms with E-state index in [1.807, 2.05) is 0 Å². The summed E-state index contributed by atoms with van der Waals surface area (Å²) in [6, 6.07) is 4.18. The van der Waals surface area contributed by atoms with Gasteiger partial charge in [-0.15, -0.1) is 4.31 Å². The average molecular weight is 377 g/mol. The molecule has 6 nitrogen and oxygen atoms in total. The van der Waals surface area contributed by atoms with Crippen LogP contribution in [0.25, 0.3) is 0 Å². The van der Waals surface area contributed by atoms with Crippen LogP contribution in [0, 0.1) is 20.8 Å². The number of rotatable bonds is 3. The Morgan fingerprint density at radius 1 is 1.12 bits per heavy atom. The minimum atomic E-state index is -4.87. The summed E-state index contributed by atoms with van der Waals surface area (Å²) >= 11 is 0. The van der Waals surface area contributed by atoms with Crippen LogP contribution < -0.4 is 4.31 Å². The van der Waals surface area contributed by atoms with E-state index in [4.69, 9.17) is 0 Å². The fraction of sp³-hybridized carbons (Fsp3) is 0.267. The van der Waals surface area contributed by atoms with E-state index in [9.17, 15) is 31.5 Å². The number of amides is 1. The molecule has 0 aliphatic heterocycles. The van der Waals surface area contributed by atoms with E-state index in [0.717, 1.165) is 5.56 Å². The molecule has 0 radical (unpaired) electrons. The minimum absolute atomic E-state index is 0.201. The van der Waals surface area contributed by atoms with Crippen LogP contribution in [0.1, 0.15) is 22.5 Å². The van der Waals surface area contributed by atoms with Crippen LogP contribution in [-0.2, 0) is 16.2 Å². The number of aryl methyl sites for hydroxylation is 3. The number of carbonyl (C=O) groups is 1. The first-order valence-electron chi connectivity index (χ1n) is 6.89. The van der Waals surface area contributed by atoms with Gasteiger partial charge in [0.2, 0.25) is 11.6 Å². The second-order valence-corrected chi connectivity index (χ2v) is 7.14. The molecule has 0 atom stereocenters. The zero-order chi connectivity index (χ0) is 19.2. The first kappa shape index (κ1) is 18.8. The van der Waals surface area contributed by atoms with Gasteiger partial charge in [-0.1, -0.05) is 17.7 Å². The molecule has 0 aliphatic rings. The lowest BCUT2D eigenvalue weighted by Crippen LogP contribution is -2.36. The Hall–Kier alpha value is -2.49. The number of nitrogens with zero attached hydrogens (tertiary/aromatic N) is 1. The number of alkyl halides is 3. The lowest BCUT2D eigenvalue weighted by atomic mass is 10.1. The summed E-state index contributed by atoms with van der Waals surface area (Å²) in [4.78, 5) is 11.2. The monoisotopic (exact) mass is 377 g/mol. The van der Waals surface area contributed by atoms with Gasteiger partial charge in [0.15, 0.2) is 0 Å². The van der Waals surface area contributed by atoms with Crippen LogP contribution in [0.15, 0.2) is 33.6 Å². The molecule has 0 aliphatic carbocycles. The summed E-state index contributed by atoms with van der Waals surface area (Å²) in [5.41, 5.74) is 1.30. The van der Waals surface area contributed by atoms with Gasteiger partial charge in [-0.3, -0.25) is 0 Å². The zero-order valence-corrected chi connectivity index (χ0v) is 14.2. The Balaban J connectivity index is 2.65. The highest BCUT2D eigenvalue weighted by Crippen LogP contribution is 2.36. The number of hydrogen-bond donors (Lipinski definition) is 1. The lowest BCUT2D eigenvalue weighted by molar-refractivity contribution is -0.152. The molecule has 25 heavy (non-hydrogen) atoms. The molecule has 0 bridgehead atoms. The molecular formula is C15H14F3NO5S. The molecule has 0 fully saturated rings. The Bertz CT molecular complexity index is 908. The van der Waals surface area contributed by atoms with E-state index in [1.54, 1.807) is 6.92 Å². The van der Waals surface area contributed by atoms with Gasteiger partial charge in [-0.25, -0.2) is 13.2 Å². The van der Waals surface area contributed by atoms with Gasteiger partial charge in [0, 0.05) is 6.07 Å². The highest BCUT2D eigenvalue weighted by atomic mass is 32.2. The quantitative estimate of drug-likeness (QED) is 0.870. The summed E-state index contributed by atoms with van der Waals surface area (Å²) in [7, 11) is -4.69. The van der Waals surface area contributed by atoms with Crippen molar-refractivity contribution >= 4 is 22.0 Å². The van der Waals surface area contributed by atoms with Gasteiger partial charge in [-0.05, 0) is 38.0 Å². The number of carboxylic acid groups (broad SMARTS) is 1. The highest BCUT2D eigenvalue weighted by molar-refractivity contribution is 7.93. The largest absolute Gasteiger partial charge is 0.464 e. The third-order valence-corrected chi connectivity index (χ3v) is 5.32. The summed E-state index contributed by atoms with van der Waals surface area (Å²) in [5, 5.41) is 9.28. The van der Waals surface area contributed by atoms with Crippen LogP contribution in [0.5, 0.6) is 0 Å². The molecule has 0 saturated heterocycles. The predicted octanol–water partition coefficient (Wildman–Crippen LogP) is 4.10. The Kier molecular flexibility index (Phi) is 4.60. The molecule has 1 heterocycles. The van der Waals surface area contributed by atoms with Crippen LogP contribution in [-0.4, -0.2) is 19.6 Å². The summed E-state index contributed by atoms with van der Waals surface area (Å²) in [6.07, 6.45) is -6.86. The summed E-state index contributed by atoms with van der Waals surface area (Å²) < 4.78 is 67.7. The Labute approximate surface area is 141 Å². The molecule has 1 aromatic carbocycles. The topological polar surface area (TPSA) is 87.8 Å². The third-order valence-electron chi connectivity index (χ3n) is 3.35. The molecular weight excluding hydrogens is 363 g/mol. The molecule has 0 unspecified atom stereocenters. The first-order chi connectivity index (χ1) is 11.4. The Morgan fingerprint density at radius 3 is 2.04 bits per heavy atom. The van der Waals surface area contributed by atoms with E-state index in [-0.39, 0.29) is 20.3 Å². The molecule has 136 valence electrons. The maximum Gasteiger partial charge on any atom is 0.449 e. The molecule has 1 N–H and O–H groups in total. The number of halogens is 3. The van der Waals surface area contributed by atoms with E-state index in [0.29, 0.717) is 12.1 Å². The second kappa shape index (κ2) is 6.10. The van der Waals surface area contributed by atoms with Crippen molar-refractivity contribution in [2.24, 2.45) is 0 Å². The number of hydrogen-bond acceptors (Lipinski definition) is 4. The highest BCUT2D eigenvalue weighted by Gasteiger charge is 2.39. The average Bonchev–Trinajstić information content (AvgIpc) is 2.84. The molecule has 2 rings (SSSR count). The summed E-state index contributed by atoms with van der Waals surface area (Å²) in [6.45, 7) is 4.67. The van der Waals surface area contributed by atoms with E-state index >= 15 is 0 Å². The second-order valence-electron chi connectivity index (χ2n) is 5.42. The van der Waals surface area contributed by atoms with Crippen LogP contribution in [0.2, 0.25) is 0 Å². The van der Waals surface area contributed by atoms with Gasteiger partial charge < -0.3 is 9.52 Å². The third kappa shape index (κ3) is 3.48. The smallest absolute Gasteiger partial charge is 0.449 e. The fourth-order valence-corrected chi connectivity index (χ4v) is 4.22. The first-order valence-corrected chi connectivity index (χ1v) is 8.33. The van der Waals surface area contributed by atoms with Crippen LogP contribution >= 0.6 is 0 Å². The van der Waals surface area contributed by atoms with Crippen molar-refractivity contribution in [3.05, 3.63) is 46.7 Å². The van der Waals surface area contributed by atoms with Crippen molar-refractivity contribution < 1.29 is 35.9 Å². The predicted molar refractivity (Wildman–Crippen MR) is 82.1 cm³/mol. The van der Waals surface area contributed by atoms with Gasteiger partial charge in [0.05, 0.1) is 4.90 Å². The lowest BCUT2D eigenvalue weighted by Gasteiger charge is -2.20. The Morgan fingerprint density at radius 2 is 1.64 bits per heavy atom. The van der Waals surface area contributed by atoms with E-state index in [1.165, 1.54) is 26.0 Å². The van der Waals surface area contributed by atoms with Crippen molar-refractivity contribution in [2.75, 3.05) is 4.31 Å². The SMILES string of the molecule is Cc1cc(C)c(S(=O)(=O)N(C(=O)O)c2ccc(C(F)(F)F)o2)c(C)c1. The van der Waals surface area contributed by atoms with Crippen molar-refractivity contribution in [3.8, 4) is 0 Å².